The molecule has 5 rings (SSSR count). The Bertz CT molecular complexity index is 1800. The summed E-state index contributed by atoms with van der Waals surface area (Å²) in [6, 6.07) is 17.3. The minimum absolute atomic E-state index is 0.264. The molecule has 0 saturated heterocycles. The second kappa shape index (κ2) is 13.8. The summed E-state index contributed by atoms with van der Waals surface area (Å²) in [5, 5.41) is 11.8. The zero-order valence-corrected chi connectivity index (χ0v) is 27.1. The number of hydrogen-bond acceptors (Lipinski definition) is 6. The molecule has 1 amide bonds. The van der Waals surface area contributed by atoms with Gasteiger partial charge < -0.3 is 19.1 Å². The molecule has 0 fully saturated rings. The summed E-state index contributed by atoms with van der Waals surface area (Å²) >= 11 is 0. The summed E-state index contributed by atoms with van der Waals surface area (Å²) in [5.74, 6) is 0.241. The Labute approximate surface area is 272 Å². The molecule has 2 N–H and O–H groups in total. The molecule has 12 heteroatoms. The molecule has 1 heterocycles. The van der Waals surface area contributed by atoms with Crippen LogP contribution in [0.2, 0.25) is 0 Å². The average Bonchev–Trinajstić information content (AvgIpc) is 3.65. The SMILES string of the molecule is COc1cc([C@@H](O)[C@@H](CC2Cc3ccccc3C2)Cn2ccc(CC(=O)NS(=O)(=O)c3ccccc3C(F)(F)F)c2)cc(OC)c1C. The molecule has 4 aromatic rings. The number of benzene rings is 3. The molecular weight excluding hydrogens is 633 g/mol. The van der Waals surface area contributed by atoms with E-state index in [9.17, 15) is 31.5 Å². The first-order valence-electron chi connectivity index (χ1n) is 15.1. The zero-order chi connectivity index (χ0) is 33.9. The van der Waals surface area contributed by atoms with Crippen molar-refractivity contribution in [2.45, 2.75) is 56.3 Å². The van der Waals surface area contributed by atoms with Gasteiger partial charge in [0.05, 0.1) is 37.2 Å². The van der Waals surface area contributed by atoms with Crippen LogP contribution in [0.4, 0.5) is 13.2 Å². The van der Waals surface area contributed by atoms with Crippen molar-refractivity contribution in [3.05, 3.63) is 113 Å². The Hall–Kier alpha value is -4.29. The van der Waals surface area contributed by atoms with E-state index in [1.807, 2.05) is 35.8 Å². The normalized spacial score (nSPS) is 14.8. The van der Waals surface area contributed by atoms with E-state index in [1.165, 1.54) is 11.1 Å². The van der Waals surface area contributed by atoms with Crippen molar-refractivity contribution in [3.63, 3.8) is 0 Å². The first kappa shape index (κ1) is 34.1. The number of rotatable bonds is 12. The molecule has 1 aliphatic rings. The fraction of sp³-hybridized carbons (Fsp3) is 0.343. The van der Waals surface area contributed by atoms with Crippen LogP contribution in [0.25, 0.3) is 0 Å². The second-order valence-electron chi connectivity index (χ2n) is 11.9. The number of carbonyl (C=O) groups excluding carboxylic acids is 1. The Balaban J connectivity index is 1.34. The van der Waals surface area contributed by atoms with Crippen LogP contribution in [0.3, 0.4) is 0 Å². The molecule has 0 bridgehead atoms. The quantitative estimate of drug-likeness (QED) is 0.191. The largest absolute Gasteiger partial charge is 0.496 e. The van der Waals surface area contributed by atoms with E-state index in [0.29, 0.717) is 47.6 Å². The van der Waals surface area contributed by atoms with Gasteiger partial charge in [-0.15, -0.1) is 0 Å². The number of fused-ring (bicyclic) bond motifs is 1. The first-order valence-corrected chi connectivity index (χ1v) is 16.6. The Morgan fingerprint density at radius 3 is 2.19 bits per heavy atom. The predicted molar refractivity (Wildman–Crippen MR) is 170 cm³/mol. The Morgan fingerprint density at radius 1 is 1.00 bits per heavy atom. The summed E-state index contributed by atoms with van der Waals surface area (Å²) in [4.78, 5) is 11.7. The lowest BCUT2D eigenvalue weighted by atomic mass is 9.85. The Morgan fingerprint density at radius 2 is 1.60 bits per heavy atom. The van der Waals surface area contributed by atoms with E-state index in [2.05, 4.69) is 12.1 Å². The first-order chi connectivity index (χ1) is 22.3. The summed E-state index contributed by atoms with van der Waals surface area (Å²) in [6.45, 7) is 2.25. The maximum Gasteiger partial charge on any atom is 0.417 e. The van der Waals surface area contributed by atoms with Crippen molar-refractivity contribution in [2.75, 3.05) is 14.2 Å². The third-order valence-electron chi connectivity index (χ3n) is 8.69. The highest BCUT2D eigenvalue weighted by Crippen LogP contribution is 2.39. The number of alkyl halides is 3. The van der Waals surface area contributed by atoms with E-state index in [0.717, 1.165) is 36.6 Å². The third kappa shape index (κ3) is 7.82. The number of aromatic nitrogens is 1. The van der Waals surface area contributed by atoms with Gasteiger partial charge in [0, 0.05) is 30.4 Å². The Kier molecular flexibility index (Phi) is 10.0. The second-order valence-corrected chi connectivity index (χ2v) is 13.6. The van der Waals surface area contributed by atoms with Gasteiger partial charge in [0.1, 0.15) is 11.5 Å². The third-order valence-corrected chi connectivity index (χ3v) is 10.1. The van der Waals surface area contributed by atoms with E-state index in [-0.39, 0.29) is 12.3 Å². The van der Waals surface area contributed by atoms with Crippen molar-refractivity contribution in [3.8, 4) is 11.5 Å². The summed E-state index contributed by atoms with van der Waals surface area (Å²) < 4.78 is 80.4. The molecule has 0 spiro atoms. The van der Waals surface area contributed by atoms with Crippen LogP contribution in [0.1, 0.15) is 45.9 Å². The van der Waals surface area contributed by atoms with E-state index in [1.54, 1.807) is 37.4 Å². The lowest BCUT2D eigenvalue weighted by Crippen LogP contribution is -2.33. The molecule has 1 aliphatic carbocycles. The number of nitrogens with zero attached hydrogens (tertiary/aromatic N) is 1. The molecule has 0 radical (unpaired) electrons. The fourth-order valence-corrected chi connectivity index (χ4v) is 7.65. The van der Waals surface area contributed by atoms with Crippen molar-refractivity contribution >= 4 is 15.9 Å². The van der Waals surface area contributed by atoms with Gasteiger partial charge in [-0.1, -0.05) is 36.4 Å². The highest BCUT2D eigenvalue weighted by atomic mass is 32.2. The lowest BCUT2D eigenvalue weighted by molar-refractivity contribution is -0.140. The number of sulfonamides is 1. The van der Waals surface area contributed by atoms with Crippen LogP contribution in [0.15, 0.2) is 84.0 Å². The van der Waals surface area contributed by atoms with Crippen LogP contribution in [-0.4, -0.2) is 38.2 Å². The minimum atomic E-state index is -4.91. The molecule has 0 aliphatic heterocycles. The molecule has 0 saturated carbocycles. The number of aliphatic hydroxyl groups excluding tert-OH is 1. The van der Waals surface area contributed by atoms with Crippen molar-refractivity contribution in [1.29, 1.82) is 0 Å². The van der Waals surface area contributed by atoms with Crippen LogP contribution in [0, 0.1) is 18.8 Å². The maximum atomic E-state index is 13.4. The topological polar surface area (TPSA) is 107 Å². The number of halogens is 3. The fourth-order valence-electron chi connectivity index (χ4n) is 6.44. The number of aliphatic hydroxyl groups is 1. The van der Waals surface area contributed by atoms with Crippen LogP contribution >= 0.6 is 0 Å². The van der Waals surface area contributed by atoms with Crippen LogP contribution in [-0.2, 0) is 46.8 Å². The molecular formula is C35H37F3N2O6S. The smallest absolute Gasteiger partial charge is 0.417 e. The highest BCUT2D eigenvalue weighted by molar-refractivity contribution is 7.90. The van der Waals surface area contributed by atoms with Gasteiger partial charge in [-0.05, 0) is 84.7 Å². The number of amides is 1. The molecule has 250 valence electrons. The van der Waals surface area contributed by atoms with Crippen LogP contribution in [0.5, 0.6) is 11.5 Å². The standard InChI is InChI=1S/C35H37F3N2O6S/c1-22-30(45-2)18-27(19-31(22)46-3)34(42)28(16-24-14-25-8-4-5-9-26(25)15-24)21-40-13-12-23(20-40)17-33(41)39-47(43,44)32-11-7-6-10-29(32)35(36,37)38/h4-13,18-20,24,28,34,42H,14-17,21H2,1-3H3,(H,39,41)/t28-,34+/m0/s1. The van der Waals surface area contributed by atoms with E-state index in [4.69, 9.17) is 9.47 Å². The number of ether oxygens (including phenoxy) is 2. The van der Waals surface area contributed by atoms with Gasteiger partial charge in [0.2, 0.25) is 5.91 Å². The lowest BCUT2D eigenvalue weighted by Gasteiger charge is -2.27. The van der Waals surface area contributed by atoms with Crippen molar-refractivity contribution in [1.82, 2.24) is 9.29 Å². The van der Waals surface area contributed by atoms with Gasteiger partial charge in [0.15, 0.2) is 0 Å². The number of nitrogens with one attached hydrogen (secondary N) is 1. The zero-order valence-electron chi connectivity index (χ0n) is 26.3. The summed E-state index contributed by atoms with van der Waals surface area (Å²) in [5.41, 5.74) is 3.15. The van der Waals surface area contributed by atoms with Gasteiger partial charge in [-0.3, -0.25) is 4.79 Å². The van der Waals surface area contributed by atoms with Crippen molar-refractivity contribution < 1.29 is 41.0 Å². The van der Waals surface area contributed by atoms with E-state index >= 15 is 0 Å². The monoisotopic (exact) mass is 670 g/mol. The summed E-state index contributed by atoms with van der Waals surface area (Å²) in [6.07, 6.45) is -0.299. The highest BCUT2D eigenvalue weighted by Gasteiger charge is 2.37. The molecule has 47 heavy (non-hydrogen) atoms. The predicted octanol–water partition coefficient (Wildman–Crippen LogP) is 6.04. The van der Waals surface area contributed by atoms with Crippen molar-refractivity contribution in [2.24, 2.45) is 11.8 Å². The van der Waals surface area contributed by atoms with Gasteiger partial charge in [-0.25, -0.2) is 13.1 Å². The molecule has 0 unspecified atom stereocenters. The maximum absolute atomic E-state index is 13.4. The molecule has 3 aromatic carbocycles. The van der Waals surface area contributed by atoms with E-state index < -0.39 is 38.7 Å². The molecule has 8 nitrogen and oxygen atoms in total. The van der Waals surface area contributed by atoms with Gasteiger partial charge >= 0.3 is 6.18 Å². The number of methoxy groups -OCH3 is 2. The minimum Gasteiger partial charge on any atom is -0.496 e. The van der Waals surface area contributed by atoms with Gasteiger partial charge in [-0.2, -0.15) is 13.2 Å². The van der Waals surface area contributed by atoms with Crippen LogP contribution < -0.4 is 14.2 Å². The number of hydrogen-bond donors (Lipinski definition) is 2. The molecule has 1 aromatic heterocycles. The average molecular weight is 671 g/mol. The summed E-state index contributed by atoms with van der Waals surface area (Å²) in [7, 11) is -1.66. The number of carbonyl (C=O) groups is 1. The molecule has 2 atom stereocenters. The van der Waals surface area contributed by atoms with Gasteiger partial charge in [0.25, 0.3) is 10.0 Å².